The minimum absolute atomic E-state index is 0.256. The van der Waals surface area contributed by atoms with E-state index in [1.807, 2.05) is 0 Å². The van der Waals surface area contributed by atoms with E-state index in [1.54, 1.807) is 0 Å². The molecule has 0 atom stereocenters. The van der Waals surface area contributed by atoms with Gasteiger partial charge in [0.2, 0.25) is 0 Å². The quantitative estimate of drug-likeness (QED) is 0.636. The molecule has 1 aliphatic rings. The van der Waals surface area contributed by atoms with E-state index >= 15 is 0 Å². The van der Waals surface area contributed by atoms with Gasteiger partial charge in [0.05, 0.1) is 7.11 Å². The number of piperazine rings is 1. The Morgan fingerprint density at radius 1 is 1.22 bits per heavy atom. The smallest absolute Gasteiger partial charge is 0.325 e. The zero-order valence-corrected chi connectivity index (χ0v) is 9.99. The molecule has 2 aromatic rings. The maximum atomic E-state index is 11.4. The molecule has 18 heavy (non-hydrogen) atoms. The van der Waals surface area contributed by atoms with E-state index in [0.717, 1.165) is 26.2 Å². The first-order valence-corrected chi connectivity index (χ1v) is 5.77. The summed E-state index contributed by atoms with van der Waals surface area (Å²) in [5.74, 6) is 0.705. The van der Waals surface area contributed by atoms with Gasteiger partial charge in [0.1, 0.15) is 5.52 Å². The first-order chi connectivity index (χ1) is 8.78. The molecule has 0 radical (unpaired) electrons. The zero-order chi connectivity index (χ0) is 12.5. The van der Waals surface area contributed by atoms with E-state index in [1.165, 1.54) is 7.11 Å². The number of aromatic amines is 2. The van der Waals surface area contributed by atoms with E-state index < -0.39 is 0 Å². The molecule has 0 aromatic carbocycles. The lowest BCUT2D eigenvalue weighted by atomic mass is 10.3. The minimum atomic E-state index is -0.288. The first-order valence-electron chi connectivity index (χ1n) is 5.77. The second-order valence-corrected chi connectivity index (χ2v) is 4.07. The van der Waals surface area contributed by atoms with Gasteiger partial charge in [-0.1, -0.05) is 0 Å². The van der Waals surface area contributed by atoms with Gasteiger partial charge in [-0.2, -0.15) is 9.97 Å². The van der Waals surface area contributed by atoms with Gasteiger partial charge in [0.15, 0.2) is 11.5 Å². The molecule has 3 heterocycles. The van der Waals surface area contributed by atoms with Gasteiger partial charge in [0.25, 0.3) is 0 Å². The number of hydrogen-bond acceptors (Lipinski definition) is 6. The van der Waals surface area contributed by atoms with Crippen LogP contribution in [0, 0.1) is 0 Å². The fourth-order valence-electron chi connectivity index (χ4n) is 2.08. The summed E-state index contributed by atoms with van der Waals surface area (Å²) in [5.41, 5.74) is 0.812. The Hall–Kier alpha value is -2.09. The molecule has 8 heteroatoms. The van der Waals surface area contributed by atoms with Crippen molar-refractivity contribution in [1.29, 1.82) is 0 Å². The third kappa shape index (κ3) is 1.80. The number of fused-ring (bicyclic) bond motifs is 1. The lowest BCUT2D eigenvalue weighted by Crippen LogP contribution is -2.44. The molecule has 0 unspecified atom stereocenters. The Morgan fingerprint density at radius 3 is 2.72 bits per heavy atom. The van der Waals surface area contributed by atoms with E-state index in [2.05, 4.69) is 30.2 Å². The number of H-pyrrole nitrogens is 2. The molecule has 0 amide bonds. The number of ether oxygens (including phenoxy) is 1. The number of nitrogens with one attached hydrogen (secondary N) is 3. The third-order valence-corrected chi connectivity index (χ3v) is 2.94. The maximum Gasteiger partial charge on any atom is 0.325 e. The van der Waals surface area contributed by atoms with Gasteiger partial charge in [-0.3, -0.25) is 4.98 Å². The lowest BCUT2D eigenvalue weighted by Gasteiger charge is -2.28. The van der Waals surface area contributed by atoms with Gasteiger partial charge in [-0.05, 0) is 0 Å². The summed E-state index contributed by atoms with van der Waals surface area (Å²) in [6.07, 6.45) is 0. The molecular weight excluding hydrogens is 236 g/mol. The first kappa shape index (κ1) is 11.0. The van der Waals surface area contributed by atoms with Crippen LogP contribution in [0.5, 0.6) is 6.01 Å². The van der Waals surface area contributed by atoms with Gasteiger partial charge in [-0.25, -0.2) is 4.79 Å². The van der Waals surface area contributed by atoms with E-state index in [9.17, 15) is 4.79 Å². The molecule has 2 aromatic heterocycles. The van der Waals surface area contributed by atoms with Gasteiger partial charge in [-0.15, -0.1) is 0 Å². The summed E-state index contributed by atoms with van der Waals surface area (Å²) in [7, 11) is 1.51. The van der Waals surface area contributed by atoms with Crippen molar-refractivity contribution in [2.45, 2.75) is 0 Å². The monoisotopic (exact) mass is 250 g/mol. The summed E-state index contributed by atoms with van der Waals surface area (Å²) in [6, 6.07) is 0.256. The Balaban J connectivity index is 2.15. The van der Waals surface area contributed by atoms with Crippen LogP contribution in [0.25, 0.3) is 11.2 Å². The Labute approximate surface area is 102 Å². The van der Waals surface area contributed by atoms with Crippen molar-refractivity contribution in [2.24, 2.45) is 0 Å². The number of imidazole rings is 1. The SMILES string of the molecule is COc1nc(N2CCNCC2)c2[nH]c(=O)[nH]c2n1. The predicted octanol–water partition coefficient (Wildman–Crippen LogP) is -0.936. The highest BCUT2D eigenvalue weighted by atomic mass is 16.5. The summed E-state index contributed by atoms with van der Waals surface area (Å²) in [6.45, 7) is 3.45. The van der Waals surface area contributed by atoms with Crippen molar-refractivity contribution in [2.75, 3.05) is 38.2 Å². The topological polar surface area (TPSA) is 98.9 Å². The van der Waals surface area contributed by atoms with Crippen molar-refractivity contribution >= 4 is 17.0 Å². The van der Waals surface area contributed by atoms with Crippen LogP contribution >= 0.6 is 0 Å². The number of aromatic nitrogens is 4. The fraction of sp³-hybridized carbons (Fsp3) is 0.500. The van der Waals surface area contributed by atoms with Crippen molar-refractivity contribution < 1.29 is 4.74 Å². The summed E-state index contributed by atoms with van der Waals surface area (Å²) >= 11 is 0. The molecule has 0 aliphatic carbocycles. The minimum Gasteiger partial charge on any atom is -0.467 e. The van der Waals surface area contributed by atoms with Gasteiger partial charge < -0.3 is 19.9 Å². The molecule has 3 N–H and O–H groups in total. The number of anilines is 1. The Morgan fingerprint density at radius 2 is 2.00 bits per heavy atom. The number of methoxy groups -OCH3 is 1. The molecule has 8 nitrogen and oxygen atoms in total. The Bertz CT molecular complexity index is 612. The molecule has 1 fully saturated rings. The molecule has 0 spiro atoms. The van der Waals surface area contributed by atoms with Gasteiger partial charge >= 0.3 is 11.7 Å². The van der Waals surface area contributed by atoms with Crippen molar-refractivity contribution in [3.05, 3.63) is 10.5 Å². The average Bonchev–Trinajstić information content (AvgIpc) is 2.78. The maximum absolute atomic E-state index is 11.4. The molecule has 96 valence electrons. The van der Waals surface area contributed by atoms with Crippen LogP contribution in [0.2, 0.25) is 0 Å². The molecule has 1 saturated heterocycles. The van der Waals surface area contributed by atoms with E-state index in [-0.39, 0.29) is 11.7 Å². The molecule has 3 rings (SSSR count). The number of nitrogens with zero attached hydrogens (tertiary/aromatic N) is 3. The normalized spacial score (nSPS) is 16.2. The van der Waals surface area contributed by atoms with Crippen LogP contribution in [0.15, 0.2) is 4.79 Å². The van der Waals surface area contributed by atoms with Crippen LogP contribution in [0.1, 0.15) is 0 Å². The van der Waals surface area contributed by atoms with Crippen LogP contribution in [-0.4, -0.2) is 53.2 Å². The Kier molecular flexibility index (Phi) is 2.63. The van der Waals surface area contributed by atoms with E-state index in [0.29, 0.717) is 17.0 Å². The van der Waals surface area contributed by atoms with Crippen molar-refractivity contribution in [1.82, 2.24) is 25.3 Å². The summed E-state index contributed by atoms with van der Waals surface area (Å²) in [5, 5.41) is 3.27. The summed E-state index contributed by atoms with van der Waals surface area (Å²) < 4.78 is 5.06. The standard InChI is InChI=1S/C10H14N6O2/c1-18-10-14-7-6(12-9(17)13-7)8(15-10)16-4-2-11-3-5-16/h11H,2-5H2,1H3,(H2,12,13,14,15,17). The average molecular weight is 250 g/mol. The fourth-order valence-corrected chi connectivity index (χ4v) is 2.08. The van der Waals surface area contributed by atoms with Crippen molar-refractivity contribution in [3.8, 4) is 6.01 Å². The van der Waals surface area contributed by atoms with Crippen LogP contribution in [-0.2, 0) is 0 Å². The van der Waals surface area contributed by atoms with Crippen LogP contribution in [0.3, 0.4) is 0 Å². The second kappa shape index (κ2) is 4.30. The molecular formula is C10H14N6O2. The third-order valence-electron chi connectivity index (χ3n) is 2.94. The largest absolute Gasteiger partial charge is 0.467 e. The highest BCUT2D eigenvalue weighted by Gasteiger charge is 2.18. The lowest BCUT2D eigenvalue weighted by molar-refractivity contribution is 0.381. The molecule has 0 bridgehead atoms. The number of rotatable bonds is 2. The predicted molar refractivity (Wildman–Crippen MR) is 66.1 cm³/mol. The summed E-state index contributed by atoms with van der Waals surface area (Å²) in [4.78, 5) is 27.3. The highest BCUT2D eigenvalue weighted by molar-refractivity contribution is 5.83. The molecule has 0 saturated carbocycles. The van der Waals surface area contributed by atoms with Crippen LogP contribution < -0.4 is 20.6 Å². The second-order valence-electron chi connectivity index (χ2n) is 4.07. The van der Waals surface area contributed by atoms with Crippen molar-refractivity contribution in [3.63, 3.8) is 0 Å². The highest BCUT2D eigenvalue weighted by Crippen LogP contribution is 2.22. The van der Waals surface area contributed by atoms with E-state index in [4.69, 9.17) is 4.74 Å². The number of hydrogen-bond donors (Lipinski definition) is 3. The molecule has 1 aliphatic heterocycles. The van der Waals surface area contributed by atoms with Crippen LogP contribution in [0.4, 0.5) is 5.82 Å². The van der Waals surface area contributed by atoms with Gasteiger partial charge in [0, 0.05) is 26.2 Å². The zero-order valence-electron chi connectivity index (χ0n) is 9.99.